The van der Waals surface area contributed by atoms with Crippen molar-refractivity contribution in [3.8, 4) is 0 Å². The van der Waals surface area contributed by atoms with E-state index in [0.29, 0.717) is 18.2 Å². The van der Waals surface area contributed by atoms with Crippen molar-refractivity contribution in [2.45, 2.75) is 50.2 Å². The lowest BCUT2D eigenvalue weighted by atomic mass is 10.0. The molecule has 0 bridgehead atoms. The summed E-state index contributed by atoms with van der Waals surface area (Å²) in [6.07, 6.45) is 3.72. The molecule has 0 aliphatic carbocycles. The van der Waals surface area contributed by atoms with Gasteiger partial charge in [-0.25, -0.2) is 8.42 Å². The predicted molar refractivity (Wildman–Crippen MR) is 130 cm³/mol. The van der Waals surface area contributed by atoms with E-state index >= 15 is 0 Å². The molecule has 4 rings (SSSR count). The highest BCUT2D eigenvalue weighted by Gasteiger charge is 2.29. The molecule has 0 aromatic heterocycles. The smallest absolute Gasteiger partial charge is 0.251 e. The Morgan fingerprint density at radius 3 is 2.50 bits per heavy atom. The van der Waals surface area contributed by atoms with Crippen LogP contribution in [0, 0.1) is 0 Å². The Hall–Kier alpha value is -2.75. The molecule has 0 saturated carbocycles. The van der Waals surface area contributed by atoms with Crippen LogP contribution in [0.25, 0.3) is 0 Å². The monoisotopic (exact) mass is 484 g/mol. The minimum Gasteiger partial charge on any atom is -0.354 e. The molecule has 2 N–H and O–H groups in total. The third-order valence-corrected chi connectivity index (χ3v) is 8.49. The Morgan fingerprint density at radius 2 is 1.79 bits per heavy atom. The average Bonchev–Trinajstić information content (AvgIpc) is 2.85. The largest absolute Gasteiger partial charge is 0.354 e. The van der Waals surface area contributed by atoms with Gasteiger partial charge in [0.25, 0.3) is 5.91 Å². The second kappa shape index (κ2) is 10.7. The van der Waals surface area contributed by atoms with E-state index in [4.69, 9.17) is 0 Å². The quantitative estimate of drug-likeness (QED) is 0.627. The first-order chi connectivity index (χ1) is 16.3. The maximum atomic E-state index is 12.8. The van der Waals surface area contributed by atoms with Gasteiger partial charge in [0.15, 0.2) is 0 Å². The second-order valence-corrected chi connectivity index (χ2v) is 10.9. The summed E-state index contributed by atoms with van der Waals surface area (Å²) in [5.41, 5.74) is 2.68. The van der Waals surface area contributed by atoms with Crippen LogP contribution in [0.15, 0.2) is 53.4 Å². The molecule has 2 heterocycles. The van der Waals surface area contributed by atoms with Crippen molar-refractivity contribution in [1.29, 1.82) is 0 Å². The lowest BCUT2D eigenvalue weighted by Crippen LogP contribution is -2.49. The maximum absolute atomic E-state index is 12.8. The number of hydrogen-bond acceptors (Lipinski definition) is 5. The number of sulfonamides is 1. The fourth-order valence-corrected chi connectivity index (χ4v) is 5.92. The van der Waals surface area contributed by atoms with Gasteiger partial charge in [0.2, 0.25) is 15.9 Å². The fraction of sp³-hybridized carbons (Fsp3) is 0.440. The van der Waals surface area contributed by atoms with Crippen molar-refractivity contribution in [3.63, 3.8) is 0 Å². The van der Waals surface area contributed by atoms with E-state index in [9.17, 15) is 18.0 Å². The van der Waals surface area contributed by atoms with Gasteiger partial charge in [0.05, 0.1) is 11.4 Å². The van der Waals surface area contributed by atoms with E-state index in [-0.39, 0.29) is 36.3 Å². The fourth-order valence-electron chi connectivity index (χ4n) is 4.52. The summed E-state index contributed by atoms with van der Waals surface area (Å²) in [6.45, 7) is 4.96. The van der Waals surface area contributed by atoms with Gasteiger partial charge in [-0.15, -0.1) is 0 Å². The molecular formula is C25H32N4O4S. The Kier molecular flexibility index (Phi) is 7.65. The number of carbonyl (C=O) groups excluding carboxylic acids is 2. The van der Waals surface area contributed by atoms with E-state index < -0.39 is 10.0 Å². The van der Waals surface area contributed by atoms with E-state index in [0.717, 1.165) is 23.0 Å². The first-order valence-corrected chi connectivity index (χ1v) is 13.2. The number of likely N-dealkylation sites (tertiary alicyclic amines) is 1. The highest BCUT2D eigenvalue weighted by atomic mass is 32.2. The molecule has 0 spiro atoms. The van der Waals surface area contributed by atoms with Crippen molar-refractivity contribution in [3.05, 3.63) is 65.2 Å². The third-order valence-electron chi connectivity index (χ3n) is 6.63. The Balaban J connectivity index is 1.39. The van der Waals surface area contributed by atoms with Crippen LogP contribution in [-0.4, -0.2) is 61.7 Å². The maximum Gasteiger partial charge on any atom is 0.251 e. The van der Waals surface area contributed by atoms with Crippen LogP contribution in [0.5, 0.6) is 0 Å². The van der Waals surface area contributed by atoms with Gasteiger partial charge in [-0.3, -0.25) is 14.5 Å². The van der Waals surface area contributed by atoms with Crippen molar-refractivity contribution < 1.29 is 18.0 Å². The van der Waals surface area contributed by atoms with Gasteiger partial charge in [-0.05, 0) is 61.7 Å². The summed E-state index contributed by atoms with van der Waals surface area (Å²) >= 11 is 0. The van der Waals surface area contributed by atoms with Crippen LogP contribution < -0.4 is 10.6 Å². The number of piperidine rings is 1. The van der Waals surface area contributed by atoms with Gasteiger partial charge < -0.3 is 10.6 Å². The molecule has 9 heteroatoms. The van der Waals surface area contributed by atoms with Crippen molar-refractivity contribution in [2.24, 2.45) is 0 Å². The molecule has 2 aromatic rings. The molecule has 2 aromatic carbocycles. The van der Waals surface area contributed by atoms with Gasteiger partial charge in [-0.1, -0.05) is 30.7 Å². The number of piperazine rings is 1. The van der Waals surface area contributed by atoms with Crippen molar-refractivity contribution >= 4 is 21.8 Å². The molecule has 2 amide bonds. The number of rotatable bonds is 7. The van der Waals surface area contributed by atoms with Crippen LogP contribution in [0.2, 0.25) is 0 Å². The van der Waals surface area contributed by atoms with E-state index in [1.165, 1.54) is 49.1 Å². The number of hydrogen-bond donors (Lipinski definition) is 2. The standard InChI is InChI=1S/C25H32N4O4S/c1-19-6-4-5-14-28(19)17-22-8-3-2-7-21(22)16-27-25(31)20-9-11-23(12-10-20)34(32,33)29-15-13-26-24(30)18-29/h2-3,7-12,19H,4-6,13-18H2,1H3,(H,26,30)(H,27,31). The number of benzene rings is 2. The molecule has 34 heavy (non-hydrogen) atoms. The molecule has 182 valence electrons. The normalized spacial score (nSPS) is 20.0. The Labute approximate surface area is 201 Å². The van der Waals surface area contributed by atoms with Crippen LogP contribution in [0.4, 0.5) is 0 Å². The summed E-state index contributed by atoms with van der Waals surface area (Å²) in [5.74, 6) is -0.580. The summed E-state index contributed by atoms with van der Waals surface area (Å²) < 4.78 is 26.7. The number of amides is 2. The van der Waals surface area contributed by atoms with Crippen molar-refractivity contribution in [1.82, 2.24) is 19.8 Å². The minimum absolute atomic E-state index is 0.0692. The van der Waals surface area contributed by atoms with Gasteiger partial charge in [0, 0.05) is 37.8 Å². The average molecular weight is 485 g/mol. The van der Waals surface area contributed by atoms with Gasteiger partial charge >= 0.3 is 0 Å². The topological polar surface area (TPSA) is 98.8 Å². The molecule has 1 unspecified atom stereocenters. The third kappa shape index (κ3) is 5.65. The molecule has 0 radical (unpaired) electrons. The van der Waals surface area contributed by atoms with E-state index in [2.05, 4.69) is 28.5 Å². The highest BCUT2D eigenvalue weighted by molar-refractivity contribution is 7.89. The first kappa shape index (κ1) is 24.4. The predicted octanol–water partition coefficient (Wildman–Crippen LogP) is 2.11. The first-order valence-electron chi connectivity index (χ1n) is 11.8. The molecular weight excluding hydrogens is 452 g/mol. The molecule has 8 nitrogen and oxygen atoms in total. The van der Waals surface area contributed by atoms with Crippen LogP contribution in [0.3, 0.4) is 0 Å². The van der Waals surface area contributed by atoms with E-state index in [1.807, 2.05) is 18.2 Å². The summed E-state index contributed by atoms with van der Waals surface area (Å²) in [4.78, 5) is 26.9. The van der Waals surface area contributed by atoms with Gasteiger partial charge in [-0.2, -0.15) is 4.31 Å². The molecule has 2 aliphatic heterocycles. The number of nitrogens with one attached hydrogen (secondary N) is 2. The summed E-state index contributed by atoms with van der Waals surface area (Å²) in [7, 11) is -3.78. The Morgan fingerprint density at radius 1 is 1.06 bits per heavy atom. The lowest BCUT2D eigenvalue weighted by Gasteiger charge is -2.33. The molecule has 2 fully saturated rings. The molecule has 2 aliphatic rings. The highest BCUT2D eigenvalue weighted by Crippen LogP contribution is 2.21. The van der Waals surface area contributed by atoms with Crippen molar-refractivity contribution in [2.75, 3.05) is 26.2 Å². The van der Waals surface area contributed by atoms with Crippen LogP contribution >= 0.6 is 0 Å². The zero-order valence-electron chi connectivity index (χ0n) is 19.5. The summed E-state index contributed by atoms with van der Waals surface area (Å²) in [5, 5.41) is 5.58. The number of nitrogens with zero attached hydrogens (tertiary/aromatic N) is 2. The summed E-state index contributed by atoms with van der Waals surface area (Å²) in [6, 6.07) is 14.6. The zero-order chi connectivity index (χ0) is 24.1. The number of carbonyl (C=O) groups is 2. The lowest BCUT2D eigenvalue weighted by molar-refractivity contribution is -0.122. The molecule has 1 atom stereocenters. The van der Waals surface area contributed by atoms with Crippen LogP contribution in [0.1, 0.15) is 47.7 Å². The zero-order valence-corrected chi connectivity index (χ0v) is 20.3. The SMILES string of the molecule is CC1CCCCN1Cc1ccccc1CNC(=O)c1ccc(S(=O)(=O)N2CCNC(=O)C2)cc1. The molecule has 2 saturated heterocycles. The Bertz CT molecular complexity index is 1130. The van der Waals surface area contributed by atoms with Crippen LogP contribution in [-0.2, 0) is 27.9 Å². The van der Waals surface area contributed by atoms with Gasteiger partial charge in [0.1, 0.15) is 0 Å². The van der Waals surface area contributed by atoms with E-state index in [1.54, 1.807) is 0 Å². The minimum atomic E-state index is -3.78. The second-order valence-electron chi connectivity index (χ2n) is 8.98.